The number of hydrogen-bond donors (Lipinski definition) is 2. The number of aryl methyl sites for hydroxylation is 1. The molecule has 4 nitrogen and oxygen atoms in total. The molecule has 0 aliphatic rings. The second kappa shape index (κ2) is 8.37. The van der Waals surface area contributed by atoms with Crippen LogP contribution in [0.4, 0.5) is 0 Å². The molecule has 0 spiro atoms. The number of thiophene rings is 1. The van der Waals surface area contributed by atoms with E-state index in [1.807, 2.05) is 35.7 Å². The van der Waals surface area contributed by atoms with Crippen molar-refractivity contribution >= 4 is 34.9 Å². The average molecular weight is 401 g/mol. The molecule has 6 heteroatoms. The number of rotatable bonds is 7. The van der Waals surface area contributed by atoms with Gasteiger partial charge >= 0.3 is 11.9 Å². The highest BCUT2D eigenvalue weighted by Gasteiger charge is 2.17. The van der Waals surface area contributed by atoms with Gasteiger partial charge in [-0.1, -0.05) is 35.9 Å². The van der Waals surface area contributed by atoms with Gasteiger partial charge in [-0.05, 0) is 65.6 Å². The van der Waals surface area contributed by atoms with Gasteiger partial charge in [-0.25, -0.2) is 9.59 Å². The van der Waals surface area contributed by atoms with Gasteiger partial charge in [0.2, 0.25) is 0 Å². The molecule has 0 amide bonds. The second-order valence-corrected chi connectivity index (χ2v) is 7.43. The predicted molar refractivity (Wildman–Crippen MR) is 107 cm³/mol. The minimum Gasteiger partial charge on any atom is -0.478 e. The minimum atomic E-state index is -1.12. The Bertz CT molecular complexity index is 948. The molecule has 3 aromatic rings. The van der Waals surface area contributed by atoms with E-state index in [1.54, 1.807) is 11.3 Å². The Hall–Kier alpha value is -2.63. The monoisotopic (exact) mass is 400 g/mol. The number of hydrogen-bond acceptors (Lipinski definition) is 3. The first-order valence-corrected chi connectivity index (χ1v) is 9.64. The Kier molecular flexibility index (Phi) is 5.94. The fourth-order valence-electron chi connectivity index (χ4n) is 3.06. The molecule has 2 aromatic carbocycles. The van der Waals surface area contributed by atoms with Crippen LogP contribution in [-0.4, -0.2) is 22.2 Å². The smallest absolute Gasteiger partial charge is 0.335 e. The molecule has 2 N–H and O–H groups in total. The molecule has 138 valence electrons. The fraction of sp³-hybridized carbons (Fsp3) is 0.143. The van der Waals surface area contributed by atoms with Crippen LogP contribution in [0.5, 0.6) is 0 Å². The van der Waals surface area contributed by atoms with E-state index in [4.69, 9.17) is 11.6 Å². The van der Waals surface area contributed by atoms with E-state index in [2.05, 4.69) is 0 Å². The fourth-order valence-corrected chi connectivity index (χ4v) is 4.06. The first-order chi connectivity index (χ1) is 13.0. The van der Waals surface area contributed by atoms with Crippen molar-refractivity contribution in [3.05, 3.63) is 81.2 Å². The number of benzene rings is 2. The maximum absolute atomic E-state index is 11.4. The molecule has 0 radical (unpaired) electrons. The quantitative estimate of drug-likeness (QED) is 0.538. The first kappa shape index (κ1) is 19.1. The van der Waals surface area contributed by atoms with Crippen molar-refractivity contribution in [3.8, 4) is 10.4 Å². The van der Waals surface area contributed by atoms with E-state index in [0.717, 1.165) is 16.0 Å². The highest BCUT2D eigenvalue weighted by atomic mass is 35.5. The summed E-state index contributed by atoms with van der Waals surface area (Å²) in [7, 11) is 0. The van der Waals surface area contributed by atoms with Crippen LogP contribution in [0.25, 0.3) is 10.4 Å². The molecule has 0 aliphatic carbocycles. The van der Waals surface area contributed by atoms with Crippen LogP contribution in [0, 0.1) is 0 Å². The van der Waals surface area contributed by atoms with Crippen molar-refractivity contribution in [2.75, 3.05) is 0 Å². The average Bonchev–Trinajstić information content (AvgIpc) is 3.17. The lowest BCUT2D eigenvalue weighted by molar-refractivity contribution is 0.0695. The third kappa shape index (κ3) is 4.38. The molecular formula is C21H17ClO4S. The molecule has 0 unspecified atom stereocenters. The van der Waals surface area contributed by atoms with Crippen molar-refractivity contribution in [2.45, 2.75) is 19.3 Å². The molecule has 0 fully saturated rings. The Morgan fingerprint density at radius 3 is 2.19 bits per heavy atom. The van der Waals surface area contributed by atoms with Crippen LogP contribution < -0.4 is 0 Å². The SMILES string of the molecule is O=C(O)c1cccc(C(=O)O)c1CCCc1ccc(-c2cccs2)cc1Cl. The molecule has 0 aliphatic heterocycles. The Morgan fingerprint density at radius 1 is 0.926 bits per heavy atom. The summed E-state index contributed by atoms with van der Waals surface area (Å²) in [5.41, 5.74) is 2.44. The Labute approximate surface area is 165 Å². The summed E-state index contributed by atoms with van der Waals surface area (Å²) in [5.74, 6) is -2.24. The third-order valence-electron chi connectivity index (χ3n) is 4.37. The van der Waals surface area contributed by atoms with E-state index in [1.165, 1.54) is 18.2 Å². The van der Waals surface area contributed by atoms with Crippen molar-refractivity contribution < 1.29 is 19.8 Å². The van der Waals surface area contributed by atoms with Gasteiger partial charge in [0.1, 0.15) is 0 Å². The van der Waals surface area contributed by atoms with Gasteiger partial charge in [-0.3, -0.25) is 0 Å². The summed E-state index contributed by atoms with van der Waals surface area (Å²) in [6.45, 7) is 0. The predicted octanol–water partition coefficient (Wildman–Crippen LogP) is 5.64. The number of carboxylic acid groups (broad SMARTS) is 2. The molecule has 0 atom stereocenters. The molecule has 1 heterocycles. The molecule has 3 rings (SSSR count). The highest BCUT2D eigenvalue weighted by molar-refractivity contribution is 7.13. The summed E-state index contributed by atoms with van der Waals surface area (Å²) in [5, 5.41) is 21.3. The van der Waals surface area contributed by atoms with Gasteiger partial charge in [0.05, 0.1) is 11.1 Å². The summed E-state index contributed by atoms with van der Waals surface area (Å²) in [6, 6.07) is 14.3. The van der Waals surface area contributed by atoms with Gasteiger partial charge in [0.25, 0.3) is 0 Å². The number of carbonyl (C=O) groups is 2. The minimum absolute atomic E-state index is 0.0361. The van der Waals surface area contributed by atoms with Crippen LogP contribution in [0.3, 0.4) is 0 Å². The third-order valence-corrected chi connectivity index (χ3v) is 5.64. The second-order valence-electron chi connectivity index (χ2n) is 6.08. The van der Waals surface area contributed by atoms with Crippen LogP contribution in [0.2, 0.25) is 5.02 Å². The van der Waals surface area contributed by atoms with Gasteiger partial charge in [0, 0.05) is 9.90 Å². The summed E-state index contributed by atoms with van der Waals surface area (Å²) >= 11 is 8.05. The van der Waals surface area contributed by atoms with Crippen LogP contribution in [0.1, 0.15) is 38.3 Å². The van der Waals surface area contributed by atoms with Crippen LogP contribution in [-0.2, 0) is 12.8 Å². The van der Waals surface area contributed by atoms with E-state index in [0.29, 0.717) is 29.8 Å². The topological polar surface area (TPSA) is 74.6 Å². The van der Waals surface area contributed by atoms with Crippen molar-refractivity contribution in [2.24, 2.45) is 0 Å². The maximum Gasteiger partial charge on any atom is 0.335 e. The van der Waals surface area contributed by atoms with Crippen LogP contribution in [0.15, 0.2) is 53.9 Å². The lowest BCUT2D eigenvalue weighted by atomic mass is 9.95. The Morgan fingerprint density at radius 2 is 1.63 bits per heavy atom. The molecule has 0 saturated carbocycles. The summed E-state index contributed by atoms with van der Waals surface area (Å²) in [4.78, 5) is 24.0. The van der Waals surface area contributed by atoms with Gasteiger partial charge in [0.15, 0.2) is 0 Å². The van der Waals surface area contributed by atoms with Crippen molar-refractivity contribution in [1.29, 1.82) is 0 Å². The lowest BCUT2D eigenvalue weighted by Gasteiger charge is -2.11. The number of aromatic carboxylic acids is 2. The molecule has 27 heavy (non-hydrogen) atoms. The number of halogens is 1. The number of carboxylic acids is 2. The standard InChI is InChI=1S/C21H17ClO4S/c22-18-12-14(19-8-3-11-27-19)10-9-13(18)4-1-5-15-16(20(23)24)6-2-7-17(15)21(25)26/h2-3,6-12H,1,4-5H2,(H,23,24)(H,25,26). The molecular weight excluding hydrogens is 384 g/mol. The van der Waals surface area contributed by atoms with E-state index in [9.17, 15) is 19.8 Å². The van der Waals surface area contributed by atoms with Gasteiger partial charge in [-0.2, -0.15) is 0 Å². The van der Waals surface area contributed by atoms with Crippen LogP contribution >= 0.6 is 22.9 Å². The van der Waals surface area contributed by atoms with Gasteiger partial charge < -0.3 is 10.2 Å². The lowest BCUT2D eigenvalue weighted by Crippen LogP contribution is -2.10. The molecule has 0 saturated heterocycles. The zero-order valence-electron chi connectivity index (χ0n) is 14.3. The van der Waals surface area contributed by atoms with Gasteiger partial charge in [-0.15, -0.1) is 11.3 Å². The Balaban J connectivity index is 1.75. The molecule has 0 bridgehead atoms. The maximum atomic E-state index is 11.4. The van der Waals surface area contributed by atoms with E-state index >= 15 is 0 Å². The normalized spacial score (nSPS) is 10.7. The largest absolute Gasteiger partial charge is 0.478 e. The summed E-state index contributed by atoms with van der Waals surface area (Å²) in [6.07, 6.45) is 1.59. The van der Waals surface area contributed by atoms with Crippen molar-refractivity contribution in [3.63, 3.8) is 0 Å². The first-order valence-electron chi connectivity index (χ1n) is 8.38. The van der Waals surface area contributed by atoms with E-state index < -0.39 is 11.9 Å². The van der Waals surface area contributed by atoms with E-state index in [-0.39, 0.29) is 11.1 Å². The molecule has 1 aromatic heterocycles. The zero-order valence-corrected chi connectivity index (χ0v) is 15.9. The zero-order chi connectivity index (χ0) is 19.4. The highest BCUT2D eigenvalue weighted by Crippen LogP contribution is 2.29. The van der Waals surface area contributed by atoms with Crippen molar-refractivity contribution in [1.82, 2.24) is 0 Å². The summed E-state index contributed by atoms with van der Waals surface area (Å²) < 4.78 is 0.